The van der Waals surface area contributed by atoms with Gasteiger partial charge in [-0.3, -0.25) is 0 Å². The summed E-state index contributed by atoms with van der Waals surface area (Å²) in [5, 5.41) is 0. The van der Waals surface area contributed by atoms with Crippen LogP contribution in [0.2, 0.25) is 0 Å². The topological polar surface area (TPSA) is 87.3 Å². The van der Waals surface area contributed by atoms with Gasteiger partial charge in [0.25, 0.3) is 0 Å². The summed E-state index contributed by atoms with van der Waals surface area (Å²) in [7, 11) is 2.50. The largest absolute Gasteiger partial charge is 0.466 e. The van der Waals surface area contributed by atoms with E-state index in [1.807, 2.05) is 0 Å². The molecule has 0 radical (unpaired) electrons. The zero-order chi connectivity index (χ0) is 17.8. The van der Waals surface area contributed by atoms with Gasteiger partial charge in [-0.05, 0) is 25.0 Å². The molecule has 134 valence electrons. The quantitative estimate of drug-likeness (QED) is 0.778. The molecule has 0 saturated heterocycles. The van der Waals surface area contributed by atoms with Crippen LogP contribution in [0.15, 0.2) is 39.0 Å². The van der Waals surface area contributed by atoms with Crippen LogP contribution in [0.4, 0.5) is 0 Å². The number of carbonyl (C=O) groups excluding carboxylic acids is 2. The molecule has 1 saturated carbocycles. The van der Waals surface area contributed by atoms with E-state index < -0.39 is 18.0 Å². The zero-order valence-corrected chi connectivity index (χ0v) is 14.3. The first-order valence-electron chi connectivity index (χ1n) is 8.34. The van der Waals surface area contributed by atoms with Gasteiger partial charge in [0.1, 0.15) is 16.9 Å². The van der Waals surface area contributed by atoms with E-state index in [0.29, 0.717) is 5.76 Å². The van der Waals surface area contributed by atoms with Crippen LogP contribution < -0.4 is 0 Å². The molecule has 3 rings (SSSR count). The molecule has 1 unspecified atom stereocenters. The molecule has 1 aromatic rings. The van der Waals surface area contributed by atoms with Crippen LogP contribution in [0.25, 0.3) is 0 Å². The van der Waals surface area contributed by atoms with Crippen molar-refractivity contribution < 1.29 is 28.2 Å². The molecular weight excluding hydrogens is 326 g/mol. The lowest BCUT2D eigenvalue weighted by atomic mass is 9.96. The van der Waals surface area contributed by atoms with E-state index in [-0.39, 0.29) is 23.1 Å². The number of aliphatic imine (C=N–C) groups is 1. The molecule has 2 heterocycles. The van der Waals surface area contributed by atoms with Crippen molar-refractivity contribution in [2.24, 2.45) is 4.99 Å². The molecule has 0 amide bonds. The number of esters is 2. The zero-order valence-electron chi connectivity index (χ0n) is 14.3. The van der Waals surface area contributed by atoms with Crippen LogP contribution in [-0.4, -0.2) is 38.1 Å². The fraction of sp³-hybridized carbons (Fsp3) is 0.500. The Bertz CT molecular complexity index is 697. The van der Waals surface area contributed by atoms with Crippen molar-refractivity contribution in [3.8, 4) is 0 Å². The number of hydrogen-bond acceptors (Lipinski definition) is 7. The van der Waals surface area contributed by atoms with Crippen LogP contribution in [0.5, 0.6) is 0 Å². The molecule has 1 atom stereocenters. The number of methoxy groups -OCH3 is 2. The standard InChI is InChI=1S/C18H21NO6/c1-22-17(20)13-14(18(21)23-2)16(19-11-7-4-3-5-8-11)25-15(13)12-9-6-10-24-12/h6,9-11,15H,3-5,7-8H2,1-2H3. The van der Waals surface area contributed by atoms with Crippen molar-refractivity contribution >= 4 is 17.8 Å². The third-order valence-electron chi connectivity index (χ3n) is 4.45. The van der Waals surface area contributed by atoms with E-state index in [2.05, 4.69) is 4.99 Å². The summed E-state index contributed by atoms with van der Waals surface area (Å²) in [6.07, 6.45) is 5.82. The molecular formula is C18H21NO6. The lowest BCUT2D eigenvalue weighted by Gasteiger charge is -2.18. The Balaban J connectivity index is 2.05. The lowest BCUT2D eigenvalue weighted by Crippen LogP contribution is -2.19. The van der Waals surface area contributed by atoms with E-state index in [1.54, 1.807) is 12.1 Å². The molecule has 0 aromatic carbocycles. The summed E-state index contributed by atoms with van der Waals surface area (Å²) < 4.78 is 20.9. The van der Waals surface area contributed by atoms with Crippen LogP contribution >= 0.6 is 0 Å². The summed E-state index contributed by atoms with van der Waals surface area (Å²) in [5.74, 6) is -0.823. The first-order valence-corrected chi connectivity index (χ1v) is 8.34. The highest BCUT2D eigenvalue weighted by Crippen LogP contribution is 2.38. The van der Waals surface area contributed by atoms with Crippen molar-refractivity contribution in [1.29, 1.82) is 0 Å². The molecule has 0 N–H and O–H groups in total. The Morgan fingerprint density at radius 1 is 1.12 bits per heavy atom. The smallest absolute Gasteiger partial charge is 0.344 e. The second kappa shape index (κ2) is 7.55. The van der Waals surface area contributed by atoms with Crippen LogP contribution in [0.3, 0.4) is 0 Å². The van der Waals surface area contributed by atoms with Crippen molar-refractivity contribution in [1.82, 2.24) is 0 Å². The van der Waals surface area contributed by atoms with E-state index in [0.717, 1.165) is 25.7 Å². The fourth-order valence-corrected chi connectivity index (χ4v) is 3.21. The summed E-state index contributed by atoms with van der Waals surface area (Å²) in [6, 6.07) is 3.42. The van der Waals surface area contributed by atoms with Gasteiger partial charge >= 0.3 is 11.9 Å². The Morgan fingerprint density at radius 3 is 2.44 bits per heavy atom. The Labute approximate surface area is 145 Å². The average molecular weight is 347 g/mol. The second-order valence-corrected chi connectivity index (χ2v) is 6.01. The summed E-state index contributed by atoms with van der Waals surface area (Å²) in [6.45, 7) is 0. The first kappa shape index (κ1) is 17.3. The Morgan fingerprint density at radius 2 is 1.84 bits per heavy atom. The van der Waals surface area contributed by atoms with Crippen LogP contribution in [0, 0.1) is 0 Å². The predicted molar refractivity (Wildman–Crippen MR) is 87.9 cm³/mol. The molecule has 1 fully saturated rings. The van der Waals surface area contributed by atoms with Gasteiger partial charge in [0.2, 0.25) is 5.90 Å². The second-order valence-electron chi connectivity index (χ2n) is 6.01. The maximum absolute atomic E-state index is 12.3. The highest BCUT2D eigenvalue weighted by Gasteiger charge is 2.44. The molecule has 2 aliphatic rings. The molecule has 25 heavy (non-hydrogen) atoms. The number of rotatable bonds is 4. The van der Waals surface area contributed by atoms with E-state index in [4.69, 9.17) is 18.6 Å². The monoisotopic (exact) mass is 347 g/mol. The summed E-state index contributed by atoms with van der Waals surface area (Å²) in [4.78, 5) is 29.3. The third-order valence-corrected chi connectivity index (χ3v) is 4.45. The predicted octanol–water partition coefficient (Wildman–Crippen LogP) is 2.72. The maximum atomic E-state index is 12.3. The minimum Gasteiger partial charge on any atom is -0.466 e. The highest BCUT2D eigenvalue weighted by atomic mass is 16.5. The minimum absolute atomic E-state index is 0.0151. The van der Waals surface area contributed by atoms with Gasteiger partial charge in [-0.15, -0.1) is 0 Å². The van der Waals surface area contributed by atoms with Gasteiger partial charge in [-0.25, -0.2) is 14.6 Å². The van der Waals surface area contributed by atoms with Gasteiger partial charge < -0.3 is 18.6 Å². The lowest BCUT2D eigenvalue weighted by molar-refractivity contribution is -0.139. The fourth-order valence-electron chi connectivity index (χ4n) is 3.21. The molecule has 1 aliphatic heterocycles. The minimum atomic E-state index is -0.876. The summed E-state index contributed by atoms with van der Waals surface area (Å²) in [5.41, 5.74) is 0.0696. The number of hydrogen-bond donors (Lipinski definition) is 0. The molecule has 1 aliphatic carbocycles. The summed E-state index contributed by atoms with van der Waals surface area (Å²) >= 11 is 0. The van der Waals surface area contributed by atoms with Crippen molar-refractivity contribution in [3.05, 3.63) is 35.3 Å². The molecule has 7 nitrogen and oxygen atoms in total. The number of furan rings is 1. The molecule has 0 spiro atoms. The van der Waals surface area contributed by atoms with E-state index >= 15 is 0 Å². The van der Waals surface area contributed by atoms with Crippen LogP contribution in [0.1, 0.15) is 44.0 Å². The molecule has 0 bridgehead atoms. The molecule has 1 aromatic heterocycles. The maximum Gasteiger partial charge on any atom is 0.344 e. The van der Waals surface area contributed by atoms with Gasteiger partial charge in [0.05, 0.1) is 26.5 Å². The van der Waals surface area contributed by atoms with Crippen molar-refractivity contribution in [2.45, 2.75) is 44.2 Å². The van der Waals surface area contributed by atoms with Gasteiger partial charge in [-0.1, -0.05) is 19.3 Å². The SMILES string of the molecule is COC(=O)C1=C(C(=O)OC)C(c2ccco2)OC1=NC1CCCCC1. The number of nitrogens with zero attached hydrogens (tertiary/aromatic N) is 1. The number of carbonyl (C=O) groups is 2. The number of ether oxygens (including phenoxy) is 3. The highest BCUT2D eigenvalue weighted by molar-refractivity contribution is 6.23. The third kappa shape index (κ3) is 3.45. The van der Waals surface area contributed by atoms with Crippen LogP contribution in [-0.2, 0) is 23.8 Å². The normalized spacial score (nSPS) is 22.8. The molecule has 7 heteroatoms. The van der Waals surface area contributed by atoms with Crippen molar-refractivity contribution in [2.75, 3.05) is 14.2 Å². The van der Waals surface area contributed by atoms with Crippen molar-refractivity contribution in [3.63, 3.8) is 0 Å². The Kier molecular flexibility index (Phi) is 5.21. The van der Waals surface area contributed by atoms with Gasteiger partial charge in [0, 0.05) is 0 Å². The average Bonchev–Trinajstić information content (AvgIpc) is 3.29. The Hall–Kier alpha value is -2.57. The van der Waals surface area contributed by atoms with E-state index in [9.17, 15) is 9.59 Å². The van der Waals surface area contributed by atoms with Gasteiger partial charge in [-0.2, -0.15) is 0 Å². The van der Waals surface area contributed by atoms with E-state index in [1.165, 1.54) is 26.9 Å². The van der Waals surface area contributed by atoms with Gasteiger partial charge in [0.15, 0.2) is 6.10 Å². The first-order chi connectivity index (χ1) is 12.2.